The third kappa shape index (κ3) is 2.60. The van der Waals surface area contributed by atoms with Crippen molar-refractivity contribution < 1.29 is 20.1 Å². The van der Waals surface area contributed by atoms with Crippen molar-refractivity contribution in [3.63, 3.8) is 0 Å². The largest absolute Gasteiger partial charge is 0.396 e. The molecule has 6 N–H and O–H groups in total. The van der Waals surface area contributed by atoms with Crippen molar-refractivity contribution >= 4 is 17.0 Å². The van der Waals surface area contributed by atoms with Gasteiger partial charge in [0.05, 0.1) is 30.1 Å². The average molecular weight is 348 g/mol. The molecule has 1 aliphatic heterocycles. The van der Waals surface area contributed by atoms with E-state index < -0.39 is 42.1 Å². The zero-order chi connectivity index (χ0) is 18.4. The number of nitrogens with one attached hydrogen (secondary N) is 1. The molecule has 0 spiro atoms. The molecule has 0 saturated carbocycles. The van der Waals surface area contributed by atoms with Gasteiger partial charge in [0.25, 0.3) is 5.56 Å². The zero-order valence-corrected chi connectivity index (χ0v) is 13.8. The second-order valence-electron chi connectivity index (χ2n) is 6.09. The van der Waals surface area contributed by atoms with E-state index in [1.807, 2.05) is 0 Å². The van der Waals surface area contributed by atoms with Gasteiger partial charge in [0.15, 0.2) is 17.5 Å². The maximum Gasteiger partial charge on any atom is 0.261 e. The summed E-state index contributed by atoms with van der Waals surface area (Å²) < 4.78 is 7.27. The highest BCUT2D eigenvalue weighted by Crippen LogP contribution is 2.44. The molecule has 3 rings (SSSR count). The van der Waals surface area contributed by atoms with E-state index in [0.717, 1.165) is 0 Å². The Bertz CT molecular complexity index is 909. The number of aromatic amines is 1. The summed E-state index contributed by atoms with van der Waals surface area (Å²) in [6.45, 7) is 2.62. The van der Waals surface area contributed by atoms with Crippen LogP contribution in [-0.2, 0) is 4.74 Å². The van der Waals surface area contributed by atoms with Gasteiger partial charge in [0, 0.05) is 6.20 Å². The standard InChI is InChI=1S/C16H20N4O5/c1-3-5-16(24)10(7-21)11(8(2)22)25-14(16)20-6-4-9-12(20)18-15(17)19-13(9)23/h4,6,8,10-11,14,21-22,24H,7H2,1-2H3,(H3,17,18,19,23)/t8-,10?,11+,14+,16?/m0/s1. The molecule has 0 aromatic carbocycles. The molecule has 9 heteroatoms. The number of nitrogens with two attached hydrogens (primary N) is 1. The van der Waals surface area contributed by atoms with E-state index in [1.165, 1.54) is 23.8 Å². The summed E-state index contributed by atoms with van der Waals surface area (Å²) in [5.74, 6) is 4.40. The smallest absolute Gasteiger partial charge is 0.261 e. The van der Waals surface area contributed by atoms with Crippen LogP contribution in [0, 0.1) is 17.8 Å². The molecule has 1 saturated heterocycles. The summed E-state index contributed by atoms with van der Waals surface area (Å²) in [5.41, 5.74) is 3.63. The first-order chi connectivity index (χ1) is 11.8. The van der Waals surface area contributed by atoms with Gasteiger partial charge in [0.2, 0.25) is 5.95 Å². The Labute approximate surface area is 143 Å². The normalized spacial score (nSPS) is 30.2. The molecule has 0 bridgehead atoms. The number of hydrogen-bond donors (Lipinski definition) is 5. The number of aliphatic hydroxyl groups is 3. The number of rotatable bonds is 3. The zero-order valence-electron chi connectivity index (χ0n) is 13.8. The van der Waals surface area contributed by atoms with Gasteiger partial charge in [-0.3, -0.25) is 9.78 Å². The molecule has 1 fully saturated rings. The second-order valence-corrected chi connectivity index (χ2v) is 6.09. The quantitative estimate of drug-likeness (QED) is 0.445. The highest BCUT2D eigenvalue weighted by molar-refractivity contribution is 5.76. The van der Waals surface area contributed by atoms with Crippen LogP contribution in [0.15, 0.2) is 17.1 Å². The van der Waals surface area contributed by atoms with Crippen molar-refractivity contribution in [2.24, 2.45) is 5.92 Å². The number of aromatic nitrogens is 3. The highest BCUT2D eigenvalue weighted by atomic mass is 16.6. The molecule has 2 aromatic rings. The number of aliphatic hydroxyl groups excluding tert-OH is 2. The molecule has 25 heavy (non-hydrogen) atoms. The number of hydrogen-bond acceptors (Lipinski definition) is 7. The number of anilines is 1. The number of nitrogens with zero attached hydrogens (tertiary/aromatic N) is 2. The van der Waals surface area contributed by atoms with E-state index in [9.17, 15) is 20.1 Å². The van der Waals surface area contributed by atoms with Crippen LogP contribution in [0.2, 0.25) is 0 Å². The van der Waals surface area contributed by atoms with Gasteiger partial charge in [0.1, 0.15) is 0 Å². The number of fused-ring (bicyclic) bond motifs is 1. The van der Waals surface area contributed by atoms with Crippen LogP contribution < -0.4 is 11.3 Å². The van der Waals surface area contributed by atoms with Gasteiger partial charge < -0.3 is 30.4 Å². The minimum absolute atomic E-state index is 0.0775. The molecule has 1 aliphatic rings. The Morgan fingerprint density at radius 2 is 2.32 bits per heavy atom. The van der Waals surface area contributed by atoms with Crippen LogP contribution >= 0.6 is 0 Å². The van der Waals surface area contributed by atoms with Gasteiger partial charge >= 0.3 is 0 Å². The SMILES string of the molecule is CC#CC1(O)C(CO)[C@@H]([C@H](C)O)O[C@H]1n1ccc2c(=O)[nH]c(N)nc21. The maximum atomic E-state index is 12.0. The Kier molecular flexibility index (Phi) is 4.30. The highest BCUT2D eigenvalue weighted by Gasteiger charge is 2.57. The lowest BCUT2D eigenvalue weighted by Crippen LogP contribution is -2.44. The van der Waals surface area contributed by atoms with Gasteiger partial charge in [-0.25, -0.2) is 0 Å². The Morgan fingerprint density at radius 1 is 1.60 bits per heavy atom. The minimum Gasteiger partial charge on any atom is -0.396 e. The van der Waals surface area contributed by atoms with E-state index in [2.05, 4.69) is 21.8 Å². The van der Waals surface area contributed by atoms with E-state index >= 15 is 0 Å². The molecular weight excluding hydrogens is 328 g/mol. The van der Waals surface area contributed by atoms with Gasteiger partial charge in [-0.2, -0.15) is 4.98 Å². The minimum atomic E-state index is -1.78. The number of nitrogen functional groups attached to an aromatic ring is 1. The lowest BCUT2D eigenvalue weighted by Gasteiger charge is -2.29. The first-order valence-electron chi connectivity index (χ1n) is 7.80. The van der Waals surface area contributed by atoms with E-state index in [4.69, 9.17) is 10.5 Å². The van der Waals surface area contributed by atoms with E-state index in [1.54, 1.807) is 6.92 Å². The summed E-state index contributed by atoms with van der Waals surface area (Å²) in [4.78, 5) is 18.5. The van der Waals surface area contributed by atoms with Crippen molar-refractivity contribution in [2.45, 2.75) is 37.9 Å². The molecule has 0 radical (unpaired) electrons. The fourth-order valence-corrected chi connectivity index (χ4v) is 3.36. The monoisotopic (exact) mass is 348 g/mol. The molecule has 0 amide bonds. The first-order valence-corrected chi connectivity index (χ1v) is 7.80. The van der Waals surface area contributed by atoms with Crippen molar-refractivity contribution in [2.75, 3.05) is 12.3 Å². The van der Waals surface area contributed by atoms with Crippen molar-refractivity contribution in [1.29, 1.82) is 0 Å². The molecule has 9 nitrogen and oxygen atoms in total. The molecule has 2 unspecified atom stereocenters. The average Bonchev–Trinajstić information content (AvgIpc) is 3.06. The summed E-state index contributed by atoms with van der Waals surface area (Å²) >= 11 is 0. The third-order valence-electron chi connectivity index (χ3n) is 4.47. The van der Waals surface area contributed by atoms with Crippen LogP contribution in [0.1, 0.15) is 20.1 Å². The van der Waals surface area contributed by atoms with Crippen molar-refractivity contribution in [1.82, 2.24) is 14.5 Å². The molecule has 3 heterocycles. The number of H-pyrrole nitrogens is 1. The van der Waals surface area contributed by atoms with Gasteiger partial charge in [-0.05, 0) is 19.9 Å². The van der Waals surface area contributed by atoms with Crippen LogP contribution in [0.3, 0.4) is 0 Å². The summed E-state index contributed by atoms with van der Waals surface area (Å²) in [6, 6.07) is 1.52. The predicted octanol–water partition coefficient (Wildman–Crippen LogP) is -1.05. The van der Waals surface area contributed by atoms with Crippen LogP contribution in [0.25, 0.3) is 11.0 Å². The first kappa shape index (κ1) is 17.4. The van der Waals surface area contributed by atoms with Crippen molar-refractivity contribution in [3.8, 4) is 11.8 Å². The van der Waals surface area contributed by atoms with Crippen LogP contribution in [-0.4, -0.2) is 54.3 Å². The lowest BCUT2D eigenvalue weighted by molar-refractivity contribution is -0.0843. The summed E-state index contributed by atoms with van der Waals surface area (Å²) in [7, 11) is 0. The maximum absolute atomic E-state index is 12.0. The van der Waals surface area contributed by atoms with Gasteiger partial charge in [-0.1, -0.05) is 5.92 Å². The topological polar surface area (TPSA) is 147 Å². The Morgan fingerprint density at radius 3 is 2.92 bits per heavy atom. The van der Waals surface area contributed by atoms with Crippen molar-refractivity contribution in [3.05, 3.63) is 22.6 Å². The Balaban J connectivity index is 2.21. The third-order valence-corrected chi connectivity index (χ3v) is 4.47. The predicted molar refractivity (Wildman–Crippen MR) is 89.3 cm³/mol. The molecule has 2 aromatic heterocycles. The Hall–Kier alpha value is -2.38. The molecule has 5 atom stereocenters. The van der Waals surface area contributed by atoms with Crippen LogP contribution in [0.5, 0.6) is 0 Å². The van der Waals surface area contributed by atoms with Crippen LogP contribution in [0.4, 0.5) is 5.95 Å². The molecule has 0 aliphatic carbocycles. The number of ether oxygens (including phenoxy) is 1. The lowest BCUT2D eigenvalue weighted by atomic mass is 9.84. The summed E-state index contributed by atoms with van der Waals surface area (Å²) in [5, 5.41) is 31.2. The molecule has 134 valence electrons. The van der Waals surface area contributed by atoms with E-state index in [-0.39, 0.29) is 17.0 Å². The fraction of sp³-hybridized carbons (Fsp3) is 0.500. The van der Waals surface area contributed by atoms with E-state index in [0.29, 0.717) is 0 Å². The van der Waals surface area contributed by atoms with Gasteiger partial charge in [-0.15, -0.1) is 5.92 Å². The molecular formula is C16H20N4O5. The summed E-state index contributed by atoms with van der Waals surface area (Å²) in [6.07, 6.45) is -1.35. The second kappa shape index (κ2) is 6.16. The fourth-order valence-electron chi connectivity index (χ4n) is 3.36.